The molecule has 0 radical (unpaired) electrons. The predicted octanol–water partition coefficient (Wildman–Crippen LogP) is 2.45. The fourth-order valence-electron chi connectivity index (χ4n) is 3.93. The van der Waals surface area contributed by atoms with E-state index < -0.39 is 0 Å². The third-order valence-electron chi connectivity index (χ3n) is 5.42. The topological polar surface area (TPSA) is 76.4 Å². The molecule has 0 amide bonds. The molecule has 0 spiro atoms. The van der Waals surface area contributed by atoms with E-state index in [-0.39, 0.29) is 0 Å². The van der Waals surface area contributed by atoms with E-state index in [1.165, 1.54) is 38.5 Å². The minimum absolute atomic E-state index is 0.337. The average Bonchev–Trinajstić information content (AvgIpc) is 2.91. The Morgan fingerprint density at radius 2 is 2.00 bits per heavy atom. The largest absolute Gasteiger partial charge is 0.376 e. The van der Waals surface area contributed by atoms with E-state index in [9.17, 15) is 0 Å². The molecule has 7 nitrogen and oxygen atoms in total. The minimum atomic E-state index is 0.337. The van der Waals surface area contributed by atoms with Gasteiger partial charge in [-0.1, -0.05) is 32.6 Å². The van der Waals surface area contributed by atoms with Crippen molar-refractivity contribution in [1.82, 2.24) is 25.4 Å². The Balaban J connectivity index is 1.45. The van der Waals surface area contributed by atoms with Gasteiger partial charge in [0, 0.05) is 25.4 Å². The lowest BCUT2D eigenvalue weighted by Gasteiger charge is -2.25. The molecule has 0 aromatic carbocycles. The minimum Gasteiger partial charge on any atom is -0.376 e. The van der Waals surface area contributed by atoms with Crippen molar-refractivity contribution < 1.29 is 4.74 Å². The Hall–Kier alpha value is -1.63. The van der Waals surface area contributed by atoms with Gasteiger partial charge in [-0.25, -0.2) is 9.67 Å². The van der Waals surface area contributed by atoms with E-state index in [0.29, 0.717) is 25.3 Å². The number of rotatable bonds is 7. The molecule has 3 rings (SSSR count). The van der Waals surface area contributed by atoms with E-state index in [0.717, 1.165) is 50.0 Å². The molecule has 1 aliphatic carbocycles. The monoisotopic (exact) mass is 376 g/mol. The van der Waals surface area contributed by atoms with Gasteiger partial charge < -0.3 is 15.4 Å². The molecule has 1 aromatic rings. The second kappa shape index (κ2) is 10.6. The van der Waals surface area contributed by atoms with Crippen molar-refractivity contribution in [3.63, 3.8) is 0 Å². The van der Waals surface area contributed by atoms with Crippen LogP contribution in [0.3, 0.4) is 0 Å². The zero-order valence-electron chi connectivity index (χ0n) is 17.0. The Labute approximate surface area is 163 Å². The van der Waals surface area contributed by atoms with Gasteiger partial charge >= 0.3 is 0 Å². The standard InChI is InChI=1S/C20H36N6O/c1-3-18-24-19-12-11-16(15-26(19)25-18)23-20(21-4-2)22-13-14-27-17-9-7-5-6-8-10-17/h16-17H,3-15H2,1-2H3,(H2,21,22,23). The number of nitrogens with one attached hydrogen (secondary N) is 2. The number of aromatic nitrogens is 3. The van der Waals surface area contributed by atoms with Crippen molar-refractivity contribution in [2.24, 2.45) is 4.99 Å². The first-order valence-electron chi connectivity index (χ1n) is 10.9. The number of hydrogen-bond donors (Lipinski definition) is 2. The first kappa shape index (κ1) is 20.1. The SMILES string of the molecule is CCNC(=NCCOC1CCCCCC1)NC1CCc2nc(CC)nn2C1. The summed E-state index contributed by atoms with van der Waals surface area (Å²) in [6.45, 7) is 7.32. The quantitative estimate of drug-likeness (QED) is 0.331. The summed E-state index contributed by atoms with van der Waals surface area (Å²) in [6, 6.07) is 0.337. The van der Waals surface area contributed by atoms with Gasteiger partial charge in [0.2, 0.25) is 0 Å². The molecule has 7 heteroatoms. The molecule has 1 fully saturated rings. The molecule has 0 bridgehead atoms. The Bertz CT molecular complexity index is 591. The number of guanidine groups is 1. The summed E-state index contributed by atoms with van der Waals surface area (Å²) >= 11 is 0. The molecule has 152 valence electrons. The normalized spacial score (nSPS) is 21.6. The third kappa shape index (κ3) is 6.19. The van der Waals surface area contributed by atoms with E-state index in [2.05, 4.69) is 39.2 Å². The van der Waals surface area contributed by atoms with E-state index in [4.69, 9.17) is 9.73 Å². The summed E-state index contributed by atoms with van der Waals surface area (Å²) in [5.74, 6) is 2.94. The number of fused-ring (bicyclic) bond motifs is 1. The van der Waals surface area contributed by atoms with Crippen LogP contribution in [0.25, 0.3) is 0 Å². The Morgan fingerprint density at radius 1 is 1.19 bits per heavy atom. The van der Waals surface area contributed by atoms with Crippen molar-refractivity contribution in [3.05, 3.63) is 11.6 Å². The number of aliphatic imine (C=N–C) groups is 1. The zero-order valence-corrected chi connectivity index (χ0v) is 17.0. The molecule has 1 saturated carbocycles. The average molecular weight is 377 g/mol. The Kier molecular flexibility index (Phi) is 7.93. The number of nitrogens with zero attached hydrogens (tertiary/aromatic N) is 4. The molecule has 0 saturated heterocycles. The molecular weight excluding hydrogens is 340 g/mol. The van der Waals surface area contributed by atoms with Gasteiger partial charge in [-0.2, -0.15) is 5.10 Å². The van der Waals surface area contributed by atoms with Gasteiger partial charge in [0.25, 0.3) is 0 Å². The van der Waals surface area contributed by atoms with Crippen LogP contribution in [-0.2, 0) is 24.1 Å². The first-order chi connectivity index (χ1) is 13.3. The lowest BCUT2D eigenvalue weighted by atomic mass is 10.1. The highest BCUT2D eigenvalue weighted by Crippen LogP contribution is 2.19. The van der Waals surface area contributed by atoms with Crippen LogP contribution in [0.15, 0.2) is 4.99 Å². The molecule has 1 aromatic heterocycles. The van der Waals surface area contributed by atoms with Gasteiger partial charge in [0.05, 0.1) is 25.8 Å². The fraction of sp³-hybridized carbons (Fsp3) is 0.850. The molecular formula is C20H36N6O. The molecule has 1 unspecified atom stereocenters. The summed E-state index contributed by atoms with van der Waals surface area (Å²) < 4.78 is 8.11. The lowest BCUT2D eigenvalue weighted by molar-refractivity contribution is 0.0487. The maximum atomic E-state index is 6.06. The van der Waals surface area contributed by atoms with Crippen molar-refractivity contribution in [3.8, 4) is 0 Å². The first-order valence-corrected chi connectivity index (χ1v) is 10.9. The van der Waals surface area contributed by atoms with E-state index in [1.807, 2.05) is 0 Å². The summed E-state index contributed by atoms with van der Waals surface area (Å²) in [7, 11) is 0. The van der Waals surface area contributed by atoms with Crippen LogP contribution < -0.4 is 10.6 Å². The van der Waals surface area contributed by atoms with Crippen molar-refractivity contribution in [2.45, 2.75) is 90.3 Å². The van der Waals surface area contributed by atoms with Crippen molar-refractivity contribution in [1.29, 1.82) is 0 Å². The molecule has 2 aliphatic rings. The van der Waals surface area contributed by atoms with E-state index in [1.54, 1.807) is 0 Å². The maximum absolute atomic E-state index is 6.06. The smallest absolute Gasteiger partial charge is 0.191 e. The highest BCUT2D eigenvalue weighted by Gasteiger charge is 2.22. The Morgan fingerprint density at radius 3 is 2.74 bits per heavy atom. The summed E-state index contributed by atoms with van der Waals surface area (Å²) in [4.78, 5) is 9.31. The summed E-state index contributed by atoms with van der Waals surface area (Å²) in [5.41, 5.74) is 0. The fourth-order valence-corrected chi connectivity index (χ4v) is 3.93. The number of aryl methyl sites for hydroxylation is 2. The van der Waals surface area contributed by atoms with Gasteiger partial charge in [-0.3, -0.25) is 4.99 Å². The second-order valence-corrected chi connectivity index (χ2v) is 7.60. The molecule has 27 heavy (non-hydrogen) atoms. The van der Waals surface area contributed by atoms with Crippen LogP contribution >= 0.6 is 0 Å². The zero-order chi connectivity index (χ0) is 18.9. The van der Waals surface area contributed by atoms with Crippen LogP contribution in [-0.4, -0.2) is 52.6 Å². The highest BCUT2D eigenvalue weighted by atomic mass is 16.5. The van der Waals surface area contributed by atoms with Gasteiger partial charge in [0.15, 0.2) is 11.8 Å². The maximum Gasteiger partial charge on any atom is 0.191 e. The molecule has 1 atom stereocenters. The van der Waals surface area contributed by atoms with Gasteiger partial charge in [-0.15, -0.1) is 0 Å². The van der Waals surface area contributed by atoms with Crippen LogP contribution in [0.4, 0.5) is 0 Å². The van der Waals surface area contributed by atoms with Crippen LogP contribution in [0.2, 0.25) is 0 Å². The number of ether oxygens (including phenoxy) is 1. The molecule has 2 N–H and O–H groups in total. The van der Waals surface area contributed by atoms with Crippen LogP contribution in [0.1, 0.15) is 70.4 Å². The van der Waals surface area contributed by atoms with Gasteiger partial charge in [-0.05, 0) is 26.2 Å². The van der Waals surface area contributed by atoms with Crippen LogP contribution in [0, 0.1) is 0 Å². The van der Waals surface area contributed by atoms with E-state index >= 15 is 0 Å². The highest BCUT2D eigenvalue weighted by molar-refractivity contribution is 5.80. The van der Waals surface area contributed by atoms with Crippen molar-refractivity contribution in [2.75, 3.05) is 19.7 Å². The summed E-state index contributed by atoms with van der Waals surface area (Å²) in [5, 5.41) is 11.5. The number of hydrogen-bond acceptors (Lipinski definition) is 4. The predicted molar refractivity (Wildman–Crippen MR) is 108 cm³/mol. The molecule has 1 aliphatic heterocycles. The summed E-state index contributed by atoms with van der Waals surface area (Å²) in [6.07, 6.45) is 11.1. The third-order valence-corrected chi connectivity index (χ3v) is 5.42. The van der Waals surface area contributed by atoms with Crippen molar-refractivity contribution >= 4 is 5.96 Å². The van der Waals surface area contributed by atoms with Gasteiger partial charge in [0.1, 0.15) is 5.82 Å². The van der Waals surface area contributed by atoms with Crippen LogP contribution in [0.5, 0.6) is 0 Å². The second-order valence-electron chi connectivity index (χ2n) is 7.60. The lowest BCUT2D eigenvalue weighted by Crippen LogP contribution is -2.47. The molecule has 2 heterocycles.